The zero-order chi connectivity index (χ0) is 44.5. The second-order valence-corrected chi connectivity index (χ2v) is 21.0. The Morgan fingerprint density at radius 2 is 0.485 bits per heavy atom. The molecule has 0 saturated heterocycles. The van der Waals surface area contributed by atoms with E-state index in [0.717, 1.165) is 29.6 Å². The number of nitrogens with zero attached hydrogens (tertiary/aromatic N) is 6. The van der Waals surface area contributed by atoms with Crippen molar-refractivity contribution >= 4 is 99.4 Å². The summed E-state index contributed by atoms with van der Waals surface area (Å²) in [6.07, 6.45) is 0. The van der Waals surface area contributed by atoms with Gasteiger partial charge in [-0.15, -0.1) is 34.0 Å². The maximum absolute atomic E-state index is 5.32. The molecule has 0 atom stereocenters. The zero-order valence-electron chi connectivity index (χ0n) is 37.3. The molecule has 0 bridgehead atoms. The molecule has 0 N–H and O–H groups in total. The number of thiophene rings is 3. The van der Waals surface area contributed by atoms with Crippen LogP contribution in [-0.4, -0.2) is 28.7 Å². The maximum atomic E-state index is 5.32. The van der Waals surface area contributed by atoms with Crippen LogP contribution in [0.3, 0.4) is 0 Å². The number of benzene rings is 6. The van der Waals surface area contributed by atoms with E-state index in [0.29, 0.717) is 17.5 Å². The van der Waals surface area contributed by atoms with Crippen molar-refractivity contribution in [1.82, 2.24) is 28.7 Å². The monoisotopic (exact) mass is 906 g/mol. The summed E-state index contributed by atoms with van der Waals surface area (Å²) in [4.78, 5) is 18.9. The molecule has 6 nitrogen and oxygen atoms in total. The number of aromatic nitrogens is 6. The van der Waals surface area contributed by atoms with Crippen LogP contribution in [0.25, 0.3) is 113 Å². The van der Waals surface area contributed by atoms with Gasteiger partial charge in [0, 0.05) is 32.3 Å². The third-order valence-electron chi connectivity index (χ3n) is 13.0. The minimum Gasteiger partial charge on any atom is -0.301 e. The van der Waals surface area contributed by atoms with Gasteiger partial charge in [-0.1, -0.05) is 69.8 Å². The molecular weight excluding hydrogens is 865 g/mol. The van der Waals surface area contributed by atoms with Gasteiger partial charge in [0.05, 0.1) is 47.7 Å². The van der Waals surface area contributed by atoms with E-state index in [1.54, 1.807) is 34.0 Å². The van der Waals surface area contributed by atoms with Crippen molar-refractivity contribution in [3.05, 3.63) is 179 Å². The molecule has 7 aromatic heterocycles. The summed E-state index contributed by atoms with van der Waals surface area (Å²) in [5, 5.41) is 10.9. The van der Waals surface area contributed by atoms with Crippen molar-refractivity contribution in [2.24, 2.45) is 0 Å². The predicted molar refractivity (Wildman–Crippen MR) is 281 cm³/mol. The van der Waals surface area contributed by atoms with Crippen molar-refractivity contribution in [2.75, 3.05) is 0 Å². The molecule has 9 heteroatoms. The van der Waals surface area contributed by atoms with Gasteiger partial charge >= 0.3 is 0 Å². The van der Waals surface area contributed by atoms with E-state index in [4.69, 9.17) is 15.0 Å². The number of hydrogen-bond donors (Lipinski definition) is 0. The highest BCUT2D eigenvalue weighted by Crippen LogP contribution is 2.42. The quantitative estimate of drug-likeness (QED) is 0.167. The molecule has 318 valence electrons. The Labute approximate surface area is 393 Å². The summed E-state index contributed by atoms with van der Waals surface area (Å²) >= 11 is 5.14. The summed E-state index contributed by atoms with van der Waals surface area (Å²) < 4.78 is 7.17. The molecule has 13 rings (SSSR count). The van der Waals surface area contributed by atoms with E-state index >= 15 is 0 Å². The minimum atomic E-state index is 0.661. The van der Waals surface area contributed by atoms with E-state index in [9.17, 15) is 0 Å². The Hall–Kier alpha value is -7.17. The van der Waals surface area contributed by atoms with E-state index < -0.39 is 0 Å². The Bertz CT molecular complexity index is 3530. The molecule has 6 aromatic carbocycles. The van der Waals surface area contributed by atoms with Crippen LogP contribution < -0.4 is 0 Å². The Kier molecular flexibility index (Phi) is 8.72. The SMILES string of the molecule is Cc1ccc2c(c1)c1cc(C)ccc1n2-c1ccc(-c2nc(-c3ccc(-n4c5ccc(C)cc5c5cc(C)ccc54)s3)nc(-c3ccc(-n4c5ccc(C)cc5c5cc(C)ccc54)s3)n2)s1. The summed E-state index contributed by atoms with van der Waals surface area (Å²) in [6, 6.07) is 53.7. The molecule has 0 aliphatic rings. The van der Waals surface area contributed by atoms with Crippen molar-refractivity contribution in [1.29, 1.82) is 0 Å². The summed E-state index contributed by atoms with van der Waals surface area (Å²) in [7, 11) is 0. The third kappa shape index (κ3) is 6.14. The second-order valence-electron chi connectivity index (χ2n) is 17.8. The molecule has 0 aliphatic carbocycles. The lowest BCUT2D eigenvalue weighted by Gasteiger charge is -2.07. The van der Waals surface area contributed by atoms with E-state index in [1.165, 1.54) is 98.8 Å². The van der Waals surface area contributed by atoms with Crippen LogP contribution in [0.5, 0.6) is 0 Å². The number of hydrogen-bond acceptors (Lipinski definition) is 6. The van der Waals surface area contributed by atoms with Gasteiger partial charge in [-0.05, 0) is 151 Å². The van der Waals surface area contributed by atoms with Gasteiger partial charge < -0.3 is 13.7 Å². The highest BCUT2D eigenvalue weighted by molar-refractivity contribution is 7.18. The highest BCUT2D eigenvalue weighted by atomic mass is 32.1. The molecule has 0 aliphatic heterocycles. The maximum Gasteiger partial charge on any atom is 0.174 e. The first-order chi connectivity index (χ1) is 32.1. The lowest BCUT2D eigenvalue weighted by Crippen LogP contribution is -1.97. The van der Waals surface area contributed by atoms with Gasteiger partial charge in [0.2, 0.25) is 0 Å². The molecule has 0 spiro atoms. The fourth-order valence-corrected chi connectivity index (χ4v) is 12.8. The second kappa shape index (κ2) is 14.7. The Morgan fingerprint density at radius 1 is 0.273 bits per heavy atom. The Morgan fingerprint density at radius 3 is 0.697 bits per heavy atom. The highest BCUT2D eigenvalue weighted by Gasteiger charge is 2.22. The number of rotatable bonds is 6. The molecule has 0 unspecified atom stereocenters. The fourth-order valence-electron chi connectivity index (χ4n) is 9.88. The molecule has 0 saturated carbocycles. The molecular formula is C57H42N6S3. The van der Waals surface area contributed by atoms with Crippen molar-refractivity contribution < 1.29 is 0 Å². The van der Waals surface area contributed by atoms with Crippen molar-refractivity contribution in [3.8, 4) is 47.1 Å². The lowest BCUT2D eigenvalue weighted by molar-refractivity contribution is 1.09. The van der Waals surface area contributed by atoms with Gasteiger partial charge in [-0.3, -0.25) is 0 Å². The lowest BCUT2D eigenvalue weighted by atomic mass is 10.1. The van der Waals surface area contributed by atoms with Crippen LogP contribution in [0.1, 0.15) is 33.4 Å². The van der Waals surface area contributed by atoms with Gasteiger partial charge in [0.1, 0.15) is 15.0 Å². The van der Waals surface area contributed by atoms with Gasteiger partial charge in [-0.2, -0.15) is 0 Å². The first kappa shape index (κ1) is 39.2. The zero-order valence-corrected chi connectivity index (χ0v) is 39.7. The van der Waals surface area contributed by atoms with Crippen molar-refractivity contribution in [2.45, 2.75) is 41.5 Å². The molecule has 0 radical (unpaired) electrons. The topological polar surface area (TPSA) is 53.5 Å². The average Bonchev–Trinajstić information content (AvgIpc) is 4.18. The number of aryl methyl sites for hydroxylation is 6. The van der Waals surface area contributed by atoms with Crippen LogP contribution >= 0.6 is 34.0 Å². The average molecular weight is 907 g/mol. The fraction of sp³-hybridized carbons (Fsp3) is 0.105. The first-order valence-corrected chi connectivity index (χ1v) is 24.7. The smallest absolute Gasteiger partial charge is 0.174 e. The van der Waals surface area contributed by atoms with Crippen LogP contribution in [0.4, 0.5) is 0 Å². The molecule has 0 fully saturated rings. The van der Waals surface area contributed by atoms with Crippen LogP contribution in [0, 0.1) is 41.5 Å². The minimum absolute atomic E-state index is 0.661. The van der Waals surface area contributed by atoms with Gasteiger partial charge in [0.15, 0.2) is 17.5 Å². The van der Waals surface area contributed by atoms with Gasteiger partial charge in [0.25, 0.3) is 0 Å². The van der Waals surface area contributed by atoms with E-state index in [2.05, 4.69) is 201 Å². The molecule has 7 heterocycles. The largest absolute Gasteiger partial charge is 0.301 e. The van der Waals surface area contributed by atoms with Crippen LogP contribution in [0.15, 0.2) is 146 Å². The van der Waals surface area contributed by atoms with E-state index in [-0.39, 0.29) is 0 Å². The summed E-state index contributed by atoms with van der Waals surface area (Å²) in [5.74, 6) is 1.98. The van der Waals surface area contributed by atoms with Crippen LogP contribution in [-0.2, 0) is 0 Å². The van der Waals surface area contributed by atoms with Gasteiger partial charge in [-0.25, -0.2) is 15.0 Å². The molecule has 0 amide bonds. The van der Waals surface area contributed by atoms with E-state index in [1.807, 2.05) is 0 Å². The molecule has 66 heavy (non-hydrogen) atoms. The van der Waals surface area contributed by atoms with Crippen molar-refractivity contribution in [3.63, 3.8) is 0 Å². The molecule has 13 aromatic rings. The standard InChI is InChI=1S/C57H42N6S3/c1-31-7-13-43-37(25-31)38-26-32(2)8-14-44(38)61(43)52-22-19-49(64-52)55-58-56(50-20-23-53(65-50)62-45-15-9-33(3)27-39(45)40-28-34(4)10-16-46(40)62)60-57(59-55)51-21-24-54(66-51)63-47-17-11-35(5)29-41(47)42-30-36(6)12-18-48(42)63/h7-30H,1-6H3. The number of fused-ring (bicyclic) bond motifs is 9. The normalized spacial score (nSPS) is 12.1. The van der Waals surface area contributed by atoms with Crippen LogP contribution in [0.2, 0.25) is 0 Å². The third-order valence-corrected chi connectivity index (χ3v) is 16.2. The first-order valence-electron chi connectivity index (χ1n) is 22.2. The predicted octanol–water partition coefficient (Wildman–Crippen LogP) is 16.2. The Balaban J connectivity index is 0.983. The summed E-state index contributed by atoms with van der Waals surface area (Å²) in [5.41, 5.74) is 14.6. The summed E-state index contributed by atoms with van der Waals surface area (Å²) in [6.45, 7) is 13.0.